The second-order valence-corrected chi connectivity index (χ2v) is 5.81. The molecule has 0 spiro atoms. The van der Waals surface area contributed by atoms with Gasteiger partial charge in [-0.15, -0.1) is 0 Å². The van der Waals surface area contributed by atoms with Crippen LogP contribution in [0.25, 0.3) is 10.9 Å². The number of hydrogen-bond donors (Lipinski definition) is 3. The molecule has 0 saturated heterocycles. The molecule has 2 aromatic carbocycles. The predicted octanol–water partition coefficient (Wildman–Crippen LogP) is 3.08. The monoisotopic (exact) mass is 336 g/mol. The number of para-hydroxylation sites is 1. The van der Waals surface area contributed by atoms with Crippen LogP contribution in [0.4, 0.5) is 0 Å². The third-order valence-electron chi connectivity index (χ3n) is 4.20. The van der Waals surface area contributed by atoms with Crippen molar-refractivity contribution in [2.45, 2.75) is 13.0 Å². The molecular weight excluding hydrogens is 312 g/mol. The van der Waals surface area contributed by atoms with Gasteiger partial charge >= 0.3 is 0 Å². The van der Waals surface area contributed by atoms with Gasteiger partial charge in [-0.3, -0.25) is 4.99 Å². The molecule has 0 bridgehead atoms. The quantitative estimate of drug-likeness (QED) is 0.479. The molecule has 0 amide bonds. The van der Waals surface area contributed by atoms with E-state index in [9.17, 15) is 0 Å². The van der Waals surface area contributed by atoms with Crippen molar-refractivity contribution in [1.82, 2.24) is 15.6 Å². The maximum Gasteiger partial charge on any atom is 0.191 e. The summed E-state index contributed by atoms with van der Waals surface area (Å²) in [5.74, 6) is 1.67. The number of H-pyrrole nitrogens is 1. The molecule has 0 aliphatic heterocycles. The summed E-state index contributed by atoms with van der Waals surface area (Å²) in [6.45, 7) is 1.54. The molecule has 130 valence electrons. The number of aliphatic imine (C=N–C) groups is 1. The Morgan fingerprint density at radius 1 is 1.08 bits per heavy atom. The van der Waals surface area contributed by atoms with Gasteiger partial charge in [0.05, 0.1) is 7.11 Å². The number of nitrogens with one attached hydrogen (secondary N) is 3. The number of benzene rings is 2. The van der Waals surface area contributed by atoms with Gasteiger partial charge in [-0.2, -0.15) is 0 Å². The fourth-order valence-corrected chi connectivity index (χ4v) is 2.80. The van der Waals surface area contributed by atoms with E-state index in [4.69, 9.17) is 4.74 Å². The summed E-state index contributed by atoms with van der Waals surface area (Å²) < 4.78 is 5.18. The molecule has 3 rings (SSSR count). The molecule has 0 atom stereocenters. The molecule has 1 aromatic heterocycles. The number of hydrogen-bond acceptors (Lipinski definition) is 2. The number of fused-ring (bicyclic) bond motifs is 1. The van der Waals surface area contributed by atoms with Crippen LogP contribution in [-0.2, 0) is 13.0 Å². The number of aromatic nitrogens is 1. The van der Waals surface area contributed by atoms with E-state index in [1.54, 1.807) is 14.2 Å². The summed E-state index contributed by atoms with van der Waals surface area (Å²) in [5, 5.41) is 7.98. The first-order valence-corrected chi connectivity index (χ1v) is 8.42. The highest BCUT2D eigenvalue weighted by Crippen LogP contribution is 2.17. The summed E-state index contributed by atoms with van der Waals surface area (Å²) >= 11 is 0. The van der Waals surface area contributed by atoms with E-state index in [1.165, 1.54) is 22.0 Å². The molecule has 5 heteroatoms. The minimum absolute atomic E-state index is 0.719. The Hall–Kier alpha value is -2.95. The Balaban J connectivity index is 1.49. The lowest BCUT2D eigenvalue weighted by atomic mass is 10.1. The lowest BCUT2D eigenvalue weighted by molar-refractivity contribution is 0.414. The predicted molar refractivity (Wildman–Crippen MR) is 103 cm³/mol. The average Bonchev–Trinajstić information content (AvgIpc) is 3.08. The zero-order valence-corrected chi connectivity index (χ0v) is 14.7. The normalized spacial score (nSPS) is 11.5. The van der Waals surface area contributed by atoms with Crippen LogP contribution in [0.1, 0.15) is 11.1 Å². The highest BCUT2D eigenvalue weighted by atomic mass is 16.5. The van der Waals surface area contributed by atoms with Crippen LogP contribution in [0.2, 0.25) is 0 Å². The van der Waals surface area contributed by atoms with Crippen molar-refractivity contribution in [2.75, 3.05) is 20.7 Å². The largest absolute Gasteiger partial charge is 0.497 e. The molecule has 0 fully saturated rings. The number of ether oxygens (including phenoxy) is 1. The molecule has 0 radical (unpaired) electrons. The van der Waals surface area contributed by atoms with E-state index >= 15 is 0 Å². The van der Waals surface area contributed by atoms with Crippen LogP contribution in [0.5, 0.6) is 5.75 Å². The van der Waals surface area contributed by atoms with E-state index in [-0.39, 0.29) is 0 Å². The van der Waals surface area contributed by atoms with Gasteiger partial charge in [0.2, 0.25) is 0 Å². The number of nitrogens with zero attached hydrogens (tertiary/aromatic N) is 1. The highest BCUT2D eigenvalue weighted by molar-refractivity contribution is 5.83. The van der Waals surface area contributed by atoms with Crippen molar-refractivity contribution in [3.8, 4) is 5.75 Å². The van der Waals surface area contributed by atoms with Crippen molar-refractivity contribution < 1.29 is 4.74 Å². The first-order valence-electron chi connectivity index (χ1n) is 8.42. The standard InChI is InChI=1S/C20H24N4O/c1-21-20(24-13-15-7-9-17(25-2)10-8-15)22-12-11-16-14-23-19-6-4-3-5-18(16)19/h3-10,14,23H,11-13H2,1-2H3,(H2,21,22,24). The topological polar surface area (TPSA) is 61.4 Å². The lowest BCUT2D eigenvalue weighted by Gasteiger charge is -2.12. The van der Waals surface area contributed by atoms with Crippen molar-refractivity contribution in [2.24, 2.45) is 4.99 Å². The molecule has 0 aliphatic carbocycles. The van der Waals surface area contributed by atoms with Crippen LogP contribution in [-0.4, -0.2) is 31.6 Å². The molecule has 0 saturated carbocycles. The lowest BCUT2D eigenvalue weighted by Crippen LogP contribution is -2.37. The van der Waals surface area contributed by atoms with Crippen molar-refractivity contribution in [3.63, 3.8) is 0 Å². The summed E-state index contributed by atoms with van der Waals surface area (Å²) in [4.78, 5) is 7.59. The van der Waals surface area contributed by atoms with Crippen molar-refractivity contribution in [1.29, 1.82) is 0 Å². The van der Waals surface area contributed by atoms with E-state index < -0.39 is 0 Å². The SMILES string of the molecule is CN=C(NCCc1c[nH]c2ccccc12)NCc1ccc(OC)cc1. The third kappa shape index (κ3) is 4.32. The molecule has 0 aliphatic rings. The fraction of sp³-hybridized carbons (Fsp3) is 0.250. The maximum atomic E-state index is 5.18. The van der Waals surface area contributed by atoms with Gasteiger partial charge < -0.3 is 20.4 Å². The van der Waals surface area contributed by atoms with Crippen LogP contribution in [0.15, 0.2) is 59.7 Å². The van der Waals surface area contributed by atoms with Crippen LogP contribution in [0, 0.1) is 0 Å². The molecule has 25 heavy (non-hydrogen) atoms. The minimum atomic E-state index is 0.719. The van der Waals surface area contributed by atoms with Crippen LogP contribution >= 0.6 is 0 Å². The zero-order chi connectivity index (χ0) is 17.5. The molecular formula is C20H24N4O. The van der Waals surface area contributed by atoms with Gasteiger partial charge in [-0.25, -0.2) is 0 Å². The Morgan fingerprint density at radius 3 is 2.64 bits per heavy atom. The van der Waals surface area contributed by atoms with Gasteiger partial charge in [-0.05, 0) is 35.7 Å². The number of aromatic amines is 1. The van der Waals surface area contributed by atoms with E-state index in [1.807, 2.05) is 30.3 Å². The second-order valence-electron chi connectivity index (χ2n) is 5.81. The van der Waals surface area contributed by atoms with Gasteiger partial charge in [-0.1, -0.05) is 30.3 Å². The Kier molecular flexibility index (Phi) is 5.57. The molecule has 3 aromatic rings. The van der Waals surface area contributed by atoms with Gasteiger partial charge in [0.15, 0.2) is 5.96 Å². The number of guanidine groups is 1. The maximum absolute atomic E-state index is 5.18. The third-order valence-corrected chi connectivity index (χ3v) is 4.20. The average molecular weight is 336 g/mol. The summed E-state index contributed by atoms with van der Waals surface area (Å²) in [7, 11) is 3.46. The first kappa shape index (κ1) is 16.9. The Labute approximate surface area is 148 Å². The second kappa shape index (κ2) is 8.24. The smallest absolute Gasteiger partial charge is 0.191 e. The van der Waals surface area contributed by atoms with E-state index in [0.717, 1.165) is 31.2 Å². The summed E-state index contributed by atoms with van der Waals surface area (Å²) in [6, 6.07) is 16.4. The van der Waals surface area contributed by atoms with Gasteiger partial charge in [0.1, 0.15) is 5.75 Å². The molecule has 3 N–H and O–H groups in total. The zero-order valence-electron chi connectivity index (χ0n) is 14.7. The Bertz CT molecular complexity index is 836. The molecule has 0 unspecified atom stereocenters. The minimum Gasteiger partial charge on any atom is -0.497 e. The first-order chi connectivity index (χ1) is 12.3. The summed E-state index contributed by atoms with van der Waals surface area (Å²) in [5.41, 5.74) is 3.67. The van der Waals surface area contributed by atoms with E-state index in [0.29, 0.717) is 0 Å². The highest BCUT2D eigenvalue weighted by Gasteiger charge is 2.03. The fourth-order valence-electron chi connectivity index (χ4n) is 2.80. The van der Waals surface area contributed by atoms with E-state index in [2.05, 4.69) is 45.0 Å². The Morgan fingerprint density at radius 2 is 1.88 bits per heavy atom. The van der Waals surface area contributed by atoms with Crippen molar-refractivity contribution in [3.05, 3.63) is 65.9 Å². The van der Waals surface area contributed by atoms with Gasteiger partial charge in [0, 0.05) is 37.2 Å². The molecule has 1 heterocycles. The van der Waals surface area contributed by atoms with Crippen LogP contribution < -0.4 is 15.4 Å². The summed E-state index contributed by atoms with van der Waals surface area (Å²) in [6.07, 6.45) is 3.02. The van der Waals surface area contributed by atoms with Crippen molar-refractivity contribution >= 4 is 16.9 Å². The number of rotatable bonds is 6. The van der Waals surface area contributed by atoms with Crippen LogP contribution in [0.3, 0.4) is 0 Å². The number of methoxy groups -OCH3 is 1. The molecule has 5 nitrogen and oxygen atoms in total. The van der Waals surface area contributed by atoms with Gasteiger partial charge in [0.25, 0.3) is 0 Å².